The quantitative estimate of drug-likeness (QED) is 0.621. The Morgan fingerprint density at radius 2 is 2.09 bits per heavy atom. The lowest BCUT2D eigenvalue weighted by Gasteiger charge is -2.28. The summed E-state index contributed by atoms with van der Waals surface area (Å²) in [4.78, 5) is 12.7. The molecule has 3 heteroatoms. The van der Waals surface area contributed by atoms with E-state index in [0.29, 0.717) is 6.54 Å². The summed E-state index contributed by atoms with van der Waals surface area (Å²) in [5.74, 6) is 0.610. The Kier molecular flexibility index (Phi) is 2.88. The van der Waals surface area contributed by atoms with E-state index in [1.165, 1.54) is 12.8 Å². The highest BCUT2D eigenvalue weighted by molar-refractivity contribution is 5.75. The van der Waals surface area contributed by atoms with Crippen LogP contribution in [-0.4, -0.2) is 30.4 Å². The van der Waals surface area contributed by atoms with Crippen molar-refractivity contribution in [3.8, 4) is 0 Å². The Morgan fingerprint density at radius 3 is 2.55 bits per heavy atom. The van der Waals surface area contributed by atoms with Gasteiger partial charge in [-0.25, -0.2) is 0 Å². The molecular weight excluding hydrogens is 140 g/mol. The van der Waals surface area contributed by atoms with Gasteiger partial charge in [-0.15, -0.1) is 0 Å². The minimum absolute atomic E-state index is 0.209. The zero-order chi connectivity index (χ0) is 8.27. The van der Waals surface area contributed by atoms with Crippen LogP contribution in [0.25, 0.3) is 0 Å². The number of nitrogens with zero attached hydrogens (tertiary/aromatic N) is 1. The van der Waals surface area contributed by atoms with Gasteiger partial charge in [-0.05, 0) is 31.8 Å². The van der Waals surface area contributed by atoms with E-state index in [2.05, 4.69) is 11.8 Å². The van der Waals surface area contributed by atoms with Crippen molar-refractivity contribution in [3.05, 3.63) is 0 Å². The molecule has 0 saturated carbocycles. The van der Waals surface area contributed by atoms with Gasteiger partial charge in [0.15, 0.2) is 0 Å². The number of amides is 1. The predicted octanol–water partition coefficient (Wildman–Crippen LogP) is 0.204. The lowest BCUT2D eigenvalue weighted by atomic mass is 9.99. The lowest BCUT2D eigenvalue weighted by Crippen LogP contribution is -2.39. The minimum atomic E-state index is -0.209. The van der Waals surface area contributed by atoms with Gasteiger partial charge in [0.1, 0.15) is 0 Å². The molecule has 11 heavy (non-hydrogen) atoms. The normalized spacial score (nSPS) is 21.9. The first-order valence-corrected chi connectivity index (χ1v) is 4.19. The fourth-order valence-electron chi connectivity index (χ4n) is 1.44. The molecule has 0 bridgehead atoms. The Morgan fingerprint density at radius 1 is 1.55 bits per heavy atom. The third-order valence-electron chi connectivity index (χ3n) is 2.26. The van der Waals surface area contributed by atoms with Crippen molar-refractivity contribution >= 4 is 5.91 Å². The molecule has 2 N–H and O–H groups in total. The van der Waals surface area contributed by atoms with E-state index in [1.54, 1.807) is 0 Å². The lowest BCUT2D eigenvalue weighted by molar-refractivity contribution is -0.119. The molecule has 0 aromatic carbocycles. The standard InChI is InChI=1S/C8H16N2O/c1-7-2-4-10(5-3-7)6-8(9)11/h7H,2-6H2,1H3,(H2,9,11). The molecule has 0 aliphatic carbocycles. The summed E-state index contributed by atoms with van der Waals surface area (Å²) in [5, 5.41) is 0. The van der Waals surface area contributed by atoms with Crippen LogP contribution in [-0.2, 0) is 4.79 Å². The number of hydrogen-bond donors (Lipinski definition) is 1. The highest BCUT2D eigenvalue weighted by Crippen LogP contribution is 2.14. The van der Waals surface area contributed by atoms with E-state index < -0.39 is 0 Å². The largest absolute Gasteiger partial charge is 0.369 e. The van der Waals surface area contributed by atoms with Crippen molar-refractivity contribution < 1.29 is 4.79 Å². The van der Waals surface area contributed by atoms with Gasteiger partial charge < -0.3 is 5.73 Å². The molecule has 1 aliphatic rings. The topological polar surface area (TPSA) is 46.3 Å². The molecular formula is C8H16N2O. The molecule has 1 rings (SSSR count). The Bertz CT molecular complexity index is 139. The van der Waals surface area contributed by atoms with Crippen molar-refractivity contribution in [1.82, 2.24) is 4.90 Å². The average Bonchev–Trinajstić information content (AvgIpc) is 1.93. The number of hydrogen-bond acceptors (Lipinski definition) is 2. The van der Waals surface area contributed by atoms with Gasteiger partial charge in [0, 0.05) is 0 Å². The maximum atomic E-state index is 10.5. The molecule has 1 amide bonds. The van der Waals surface area contributed by atoms with E-state index in [1.807, 2.05) is 0 Å². The van der Waals surface area contributed by atoms with Crippen molar-refractivity contribution in [2.75, 3.05) is 19.6 Å². The van der Waals surface area contributed by atoms with Crippen LogP contribution in [0, 0.1) is 5.92 Å². The summed E-state index contributed by atoms with van der Waals surface area (Å²) in [7, 11) is 0. The van der Waals surface area contributed by atoms with E-state index in [9.17, 15) is 4.79 Å². The number of likely N-dealkylation sites (tertiary alicyclic amines) is 1. The van der Waals surface area contributed by atoms with Crippen LogP contribution in [0.3, 0.4) is 0 Å². The zero-order valence-electron chi connectivity index (χ0n) is 7.05. The average molecular weight is 156 g/mol. The molecule has 3 nitrogen and oxygen atoms in total. The third kappa shape index (κ3) is 2.89. The van der Waals surface area contributed by atoms with Crippen LogP contribution < -0.4 is 5.73 Å². The van der Waals surface area contributed by atoms with Gasteiger partial charge in [0.25, 0.3) is 0 Å². The summed E-state index contributed by atoms with van der Waals surface area (Å²) < 4.78 is 0. The van der Waals surface area contributed by atoms with E-state index in [-0.39, 0.29) is 5.91 Å². The summed E-state index contributed by atoms with van der Waals surface area (Å²) >= 11 is 0. The molecule has 0 unspecified atom stereocenters. The monoisotopic (exact) mass is 156 g/mol. The molecule has 0 radical (unpaired) electrons. The number of rotatable bonds is 2. The van der Waals surface area contributed by atoms with E-state index in [0.717, 1.165) is 19.0 Å². The highest BCUT2D eigenvalue weighted by atomic mass is 16.1. The summed E-state index contributed by atoms with van der Waals surface area (Å²) in [6.07, 6.45) is 2.40. The van der Waals surface area contributed by atoms with Gasteiger partial charge in [-0.3, -0.25) is 9.69 Å². The molecule has 1 heterocycles. The summed E-state index contributed by atoms with van der Waals surface area (Å²) in [6.45, 7) is 4.75. The van der Waals surface area contributed by atoms with E-state index in [4.69, 9.17) is 5.73 Å². The smallest absolute Gasteiger partial charge is 0.231 e. The van der Waals surface area contributed by atoms with Crippen molar-refractivity contribution in [2.45, 2.75) is 19.8 Å². The Labute approximate surface area is 67.5 Å². The Hall–Kier alpha value is -0.570. The van der Waals surface area contributed by atoms with Gasteiger partial charge in [-0.2, -0.15) is 0 Å². The molecule has 0 aromatic heterocycles. The second kappa shape index (κ2) is 3.72. The fourth-order valence-corrected chi connectivity index (χ4v) is 1.44. The number of nitrogens with two attached hydrogens (primary N) is 1. The number of primary amides is 1. The molecule has 0 aromatic rings. The zero-order valence-corrected chi connectivity index (χ0v) is 7.05. The van der Waals surface area contributed by atoms with Crippen LogP contribution in [0.5, 0.6) is 0 Å². The van der Waals surface area contributed by atoms with Crippen molar-refractivity contribution in [1.29, 1.82) is 0 Å². The first-order valence-electron chi connectivity index (χ1n) is 4.19. The number of piperidine rings is 1. The first-order chi connectivity index (χ1) is 5.18. The van der Waals surface area contributed by atoms with Gasteiger partial charge in [0.05, 0.1) is 6.54 Å². The molecule has 64 valence electrons. The predicted molar refractivity (Wildman–Crippen MR) is 44.0 cm³/mol. The molecule has 1 saturated heterocycles. The van der Waals surface area contributed by atoms with Crippen molar-refractivity contribution in [2.24, 2.45) is 11.7 Å². The van der Waals surface area contributed by atoms with Crippen LogP contribution in [0.15, 0.2) is 0 Å². The van der Waals surface area contributed by atoms with Crippen LogP contribution in [0.2, 0.25) is 0 Å². The fraction of sp³-hybridized carbons (Fsp3) is 0.875. The second-order valence-corrected chi connectivity index (χ2v) is 3.42. The number of carbonyl (C=O) groups excluding carboxylic acids is 1. The van der Waals surface area contributed by atoms with Crippen LogP contribution >= 0.6 is 0 Å². The van der Waals surface area contributed by atoms with Gasteiger partial charge >= 0.3 is 0 Å². The third-order valence-corrected chi connectivity index (χ3v) is 2.26. The molecule has 1 aliphatic heterocycles. The molecule has 1 fully saturated rings. The van der Waals surface area contributed by atoms with Gasteiger partial charge in [-0.1, -0.05) is 6.92 Å². The summed E-state index contributed by atoms with van der Waals surface area (Å²) in [6, 6.07) is 0. The van der Waals surface area contributed by atoms with Gasteiger partial charge in [0.2, 0.25) is 5.91 Å². The van der Waals surface area contributed by atoms with Crippen LogP contribution in [0.4, 0.5) is 0 Å². The number of carbonyl (C=O) groups is 1. The van der Waals surface area contributed by atoms with Crippen molar-refractivity contribution in [3.63, 3.8) is 0 Å². The maximum absolute atomic E-state index is 10.5. The second-order valence-electron chi connectivity index (χ2n) is 3.42. The Balaban J connectivity index is 2.22. The van der Waals surface area contributed by atoms with E-state index >= 15 is 0 Å². The highest BCUT2D eigenvalue weighted by Gasteiger charge is 2.16. The molecule has 0 atom stereocenters. The molecule has 0 spiro atoms. The SMILES string of the molecule is CC1CCN(CC(N)=O)CC1. The summed E-state index contributed by atoms with van der Waals surface area (Å²) in [5.41, 5.74) is 5.08. The maximum Gasteiger partial charge on any atom is 0.231 e. The first kappa shape index (κ1) is 8.53. The minimum Gasteiger partial charge on any atom is -0.369 e. The van der Waals surface area contributed by atoms with Crippen LogP contribution in [0.1, 0.15) is 19.8 Å².